The average molecular weight is 368 g/mol. The number of ketones is 1. The Morgan fingerprint density at radius 1 is 1.12 bits per heavy atom. The lowest BCUT2D eigenvalue weighted by Crippen LogP contribution is -2.42. The van der Waals surface area contributed by atoms with Crippen LogP contribution in [0.5, 0.6) is 5.75 Å². The molecule has 0 amide bonds. The second-order valence-electron chi connectivity index (χ2n) is 7.73. The summed E-state index contributed by atoms with van der Waals surface area (Å²) in [5.41, 5.74) is 2.75. The van der Waals surface area contributed by atoms with E-state index in [0.717, 1.165) is 32.1 Å². The van der Waals surface area contributed by atoms with Crippen molar-refractivity contribution in [1.82, 2.24) is 0 Å². The Morgan fingerprint density at radius 2 is 1.80 bits per heavy atom. The van der Waals surface area contributed by atoms with Gasteiger partial charge in [-0.15, -0.1) is 0 Å². The van der Waals surface area contributed by atoms with Crippen LogP contribution in [0.4, 0.5) is 0 Å². The molecular weight excluding hydrogens is 343 g/mol. The van der Waals surface area contributed by atoms with Gasteiger partial charge in [-0.05, 0) is 73.1 Å². The van der Waals surface area contributed by atoms with Gasteiger partial charge in [0, 0.05) is 11.8 Å². The molecule has 25 heavy (non-hydrogen) atoms. The van der Waals surface area contributed by atoms with Crippen LogP contribution in [0.15, 0.2) is 18.2 Å². The fraction of sp³-hybridized carbons (Fsp3) is 0.611. The van der Waals surface area contributed by atoms with E-state index in [0.29, 0.717) is 29.3 Å². The van der Waals surface area contributed by atoms with Crippen molar-refractivity contribution < 1.29 is 29.1 Å². The van der Waals surface area contributed by atoms with Gasteiger partial charge in [0.05, 0.1) is 0 Å². The van der Waals surface area contributed by atoms with Crippen molar-refractivity contribution >= 4 is 13.6 Å². The highest BCUT2D eigenvalue weighted by molar-refractivity contribution is 7.45. The van der Waals surface area contributed by atoms with Crippen molar-refractivity contribution in [3.05, 3.63) is 29.3 Å². The molecule has 6 nitrogen and oxygen atoms in total. The second kappa shape index (κ2) is 6.51. The molecule has 3 aliphatic rings. The molecule has 4 atom stereocenters. The zero-order valence-electron chi connectivity index (χ0n) is 14.3. The van der Waals surface area contributed by atoms with Crippen LogP contribution in [0.1, 0.15) is 56.1 Å². The van der Waals surface area contributed by atoms with Gasteiger partial charge in [0.1, 0.15) is 11.5 Å². The largest absolute Gasteiger partial charge is 0.508 e. The van der Waals surface area contributed by atoms with Crippen LogP contribution in [0, 0.1) is 17.3 Å². The summed E-state index contributed by atoms with van der Waals surface area (Å²) in [4.78, 5) is 33.8. The predicted octanol–water partition coefficient (Wildman–Crippen LogP) is 2.89. The van der Waals surface area contributed by atoms with Crippen LogP contribution >= 0.6 is 7.82 Å². The summed E-state index contributed by atoms with van der Waals surface area (Å²) in [7, 11) is -4.64. The summed E-state index contributed by atoms with van der Waals surface area (Å²) >= 11 is 0. The number of rotatable bonds is 0. The number of carbonyl (C=O) groups excluding carboxylic acids is 1. The van der Waals surface area contributed by atoms with Crippen molar-refractivity contribution in [1.29, 1.82) is 0 Å². The number of benzene rings is 1. The van der Waals surface area contributed by atoms with Gasteiger partial charge >= 0.3 is 7.82 Å². The molecule has 0 aliphatic heterocycles. The summed E-state index contributed by atoms with van der Waals surface area (Å²) in [5, 5.41) is 9.67. The number of aromatic hydroxyl groups is 1. The predicted molar refractivity (Wildman–Crippen MR) is 92.0 cm³/mol. The van der Waals surface area contributed by atoms with Gasteiger partial charge in [0.25, 0.3) is 0 Å². The molecule has 0 radical (unpaired) electrons. The molecule has 4 N–H and O–H groups in total. The number of hydrogen-bond acceptors (Lipinski definition) is 3. The van der Waals surface area contributed by atoms with Crippen LogP contribution in [0.3, 0.4) is 0 Å². The first kappa shape index (κ1) is 18.6. The van der Waals surface area contributed by atoms with E-state index in [1.807, 2.05) is 12.1 Å². The molecule has 3 aliphatic carbocycles. The second-order valence-corrected chi connectivity index (χ2v) is 8.76. The average Bonchev–Trinajstić information content (AvgIpc) is 2.81. The molecule has 7 heteroatoms. The third-order valence-electron chi connectivity index (χ3n) is 6.42. The Hall–Kier alpha value is -1.20. The van der Waals surface area contributed by atoms with E-state index in [9.17, 15) is 9.90 Å². The summed E-state index contributed by atoms with van der Waals surface area (Å²) < 4.78 is 8.88. The van der Waals surface area contributed by atoms with Crippen molar-refractivity contribution in [3.8, 4) is 5.75 Å². The summed E-state index contributed by atoms with van der Waals surface area (Å²) in [6.45, 7) is 2.22. The molecule has 0 spiro atoms. The van der Waals surface area contributed by atoms with Crippen molar-refractivity contribution in [2.24, 2.45) is 17.3 Å². The van der Waals surface area contributed by atoms with Gasteiger partial charge < -0.3 is 19.8 Å². The standard InChI is InChI=1S/C18H22O2.H3O4P/c1-18-9-8-14-13-5-3-12(19)10-11(13)2-4-15(14)16(18)6-7-17(18)20;1-5(2,3)4/h3,5,10,14-16,19H,2,4,6-9H2,1H3;(H3,1,2,3,4)/t14-,15-,16+,18+;/m1./s1. The zero-order valence-corrected chi connectivity index (χ0v) is 15.2. The van der Waals surface area contributed by atoms with Gasteiger partial charge in [0.2, 0.25) is 0 Å². The third kappa shape index (κ3) is 3.68. The van der Waals surface area contributed by atoms with Crippen LogP contribution < -0.4 is 0 Å². The number of fused-ring (bicyclic) bond motifs is 5. The molecule has 0 heterocycles. The number of phosphoric acid groups is 1. The first-order valence-corrected chi connectivity index (χ1v) is 10.3. The SMILES string of the molecule is C[C@]12CC[C@@H]3c4ccc(O)cc4CC[C@H]3[C@@H]1CCC2=O.O=P(O)(O)O. The molecule has 1 aromatic rings. The van der Waals surface area contributed by atoms with Crippen molar-refractivity contribution in [2.75, 3.05) is 0 Å². The number of phenols is 1. The third-order valence-corrected chi connectivity index (χ3v) is 6.42. The quantitative estimate of drug-likeness (QED) is 0.524. The minimum atomic E-state index is -4.64. The highest BCUT2D eigenvalue weighted by Gasteiger charge is 2.54. The Morgan fingerprint density at radius 3 is 2.48 bits per heavy atom. The molecule has 0 saturated heterocycles. The molecule has 2 fully saturated rings. The lowest BCUT2D eigenvalue weighted by molar-refractivity contribution is -0.129. The van der Waals surface area contributed by atoms with E-state index in [-0.39, 0.29) is 5.41 Å². The minimum Gasteiger partial charge on any atom is -0.508 e. The first-order valence-electron chi connectivity index (χ1n) is 8.73. The van der Waals surface area contributed by atoms with Gasteiger partial charge in [0.15, 0.2) is 0 Å². The van der Waals surface area contributed by atoms with Gasteiger partial charge in [-0.2, -0.15) is 0 Å². The Balaban J connectivity index is 0.000000324. The van der Waals surface area contributed by atoms with E-state index in [2.05, 4.69) is 13.0 Å². The monoisotopic (exact) mass is 368 g/mol. The van der Waals surface area contributed by atoms with Crippen LogP contribution in [-0.4, -0.2) is 25.6 Å². The highest BCUT2D eigenvalue weighted by Crippen LogP contribution is 2.59. The lowest BCUT2D eigenvalue weighted by Gasteiger charge is -2.48. The van der Waals surface area contributed by atoms with Crippen LogP contribution in [0.2, 0.25) is 0 Å². The fourth-order valence-corrected chi connectivity index (χ4v) is 5.34. The summed E-state index contributed by atoms with van der Waals surface area (Å²) in [5.74, 6) is 2.78. The minimum absolute atomic E-state index is 0.0322. The molecule has 138 valence electrons. The zero-order chi connectivity index (χ0) is 18.4. The van der Waals surface area contributed by atoms with Gasteiger partial charge in [-0.25, -0.2) is 4.57 Å². The highest BCUT2D eigenvalue weighted by atomic mass is 31.2. The first-order chi connectivity index (χ1) is 11.6. The van der Waals surface area contributed by atoms with Crippen LogP contribution in [0.25, 0.3) is 0 Å². The number of hydrogen-bond donors (Lipinski definition) is 4. The maximum atomic E-state index is 12.3. The molecule has 1 aromatic carbocycles. The number of aryl methyl sites for hydroxylation is 1. The topological polar surface area (TPSA) is 115 Å². The van der Waals surface area contributed by atoms with E-state index in [1.54, 1.807) is 0 Å². The maximum absolute atomic E-state index is 12.3. The Bertz CT molecular complexity index is 718. The maximum Gasteiger partial charge on any atom is 0.466 e. The van der Waals surface area contributed by atoms with E-state index in [4.69, 9.17) is 19.2 Å². The lowest BCUT2D eigenvalue weighted by atomic mass is 9.55. The fourth-order valence-electron chi connectivity index (χ4n) is 5.34. The molecule has 0 unspecified atom stereocenters. The van der Waals surface area contributed by atoms with E-state index >= 15 is 0 Å². The van der Waals surface area contributed by atoms with E-state index < -0.39 is 7.82 Å². The summed E-state index contributed by atoms with van der Waals surface area (Å²) in [6, 6.07) is 5.90. The summed E-state index contributed by atoms with van der Waals surface area (Å²) in [6.07, 6.45) is 6.34. The van der Waals surface area contributed by atoms with Crippen molar-refractivity contribution in [2.45, 2.75) is 51.4 Å². The molecule has 0 aromatic heterocycles. The molecular formula is C18H25O6P. The molecule has 0 bridgehead atoms. The Labute approximate surface area is 147 Å². The Kier molecular flexibility index (Phi) is 4.84. The van der Waals surface area contributed by atoms with Crippen molar-refractivity contribution in [3.63, 3.8) is 0 Å². The van der Waals surface area contributed by atoms with Gasteiger partial charge in [-0.3, -0.25) is 4.79 Å². The number of carbonyl (C=O) groups is 1. The van der Waals surface area contributed by atoms with E-state index in [1.165, 1.54) is 17.5 Å². The van der Waals surface area contributed by atoms with Crippen LogP contribution in [-0.2, 0) is 15.8 Å². The normalized spacial score (nSPS) is 33.6. The molecule has 2 saturated carbocycles. The smallest absolute Gasteiger partial charge is 0.466 e. The number of phenolic OH excluding ortho intramolecular Hbond substituents is 1. The molecule has 4 rings (SSSR count). The number of Topliss-reactive ketones (excluding diaryl/α,β-unsaturated/α-hetero) is 1. The van der Waals surface area contributed by atoms with Gasteiger partial charge in [-0.1, -0.05) is 13.0 Å².